The Labute approximate surface area is 152 Å². The van der Waals surface area contributed by atoms with E-state index in [1.54, 1.807) is 0 Å². The molecule has 3 rings (SSSR count). The van der Waals surface area contributed by atoms with Gasteiger partial charge in [0, 0.05) is 17.4 Å². The molecule has 2 amide bonds. The van der Waals surface area contributed by atoms with Crippen molar-refractivity contribution in [2.24, 2.45) is 0 Å². The number of nitrogens with zero attached hydrogens (tertiary/aromatic N) is 1. The molecule has 0 radical (unpaired) electrons. The van der Waals surface area contributed by atoms with Crippen LogP contribution in [0.3, 0.4) is 0 Å². The molecule has 0 bridgehead atoms. The number of para-hydroxylation sites is 1. The van der Waals surface area contributed by atoms with Crippen LogP contribution in [0, 0.1) is 5.82 Å². The Morgan fingerprint density at radius 1 is 1.12 bits per heavy atom. The average Bonchev–Trinajstić information content (AvgIpc) is 2.64. The standard InChI is InChI=1S/C20H22FN3O2/c1-14-6-7-15-4-2-3-5-18(15)24(14)13-20(26)22-12-19(25)23-17-10-8-16(21)9-11-17/h2-5,8-11,14H,6-7,12-13H2,1H3,(H,22,26)(H,23,25)/t14-/m1/s1. The maximum atomic E-state index is 12.9. The van der Waals surface area contributed by atoms with Crippen LogP contribution in [0.1, 0.15) is 18.9 Å². The highest BCUT2D eigenvalue weighted by Gasteiger charge is 2.24. The van der Waals surface area contributed by atoms with E-state index in [1.165, 1.54) is 29.8 Å². The summed E-state index contributed by atoms with van der Waals surface area (Å²) in [6, 6.07) is 13.8. The zero-order valence-corrected chi connectivity index (χ0v) is 14.7. The minimum absolute atomic E-state index is 0.125. The van der Waals surface area contributed by atoms with E-state index in [-0.39, 0.29) is 36.8 Å². The number of fused-ring (bicyclic) bond motifs is 1. The van der Waals surface area contributed by atoms with Crippen molar-refractivity contribution in [2.45, 2.75) is 25.8 Å². The Hall–Kier alpha value is -2.89. The van der Waals surface area contributed by atoms with Gasteiger partial charge in [0.25, 0.3) is 0 Å². The highest BCUT2D eigenvalue weighted by molar-refractivity contribution is 5.95. The molecule has 0 saturated heterocycles. The van der Waals surface area contributed by atoms with Gasteiger partial charge in [0.05, 0.1) is 13.1 Å². The molecule has 26 heavy (non-hydrogen) atoms. The second-order valence-corrected chi connectivity index (χ2v) is 6.48. The van der Waals surface area contributed by atoms with Crippen LogP contribution in [0.15, 0.2) is 48.5 Å². The lowest BCUT2D eigenvalue weighted by atomic mass is 9.97. The van der Waals surface area contributed by atoms with Crippen LogP contribution in [0.5, 0.6) is 0 Å². The third-order valence-corrected chi connectivity index (χ3v) is 4.55. The van der Waals surface area contributed by atoms with Gasteiger partial charge in [-0.2, -0.15) is 0 Å². The van der Waals surface area contributed by atoms with E-state index < -0.39 is 0 Å². The number of nitrogens with one attached hydrogen (secondary N) is 2. The molecule has 1 aliphatic rings. The fourth-order valence-corrected chi connectivity index (χ4v) is 3.13. The van der Waals surface area contributed by atoms with Gasteiger partial charge in [-0.05, 0) is 55.7 Å². The SMILES string of the molecule is C[C@@H]1CCc2ccccc2N1CC(=O)NCC(=O)Nc1ccc(F)cc1. The first-order valence-corrected chi connectivity index (χ1v) is 8.69. The van der Waals surface area contributed by atoms with Crippen molar-refractivity contribution in [3.8, 4) is 0 Å². The van der Waals surface area contributed by atoms with E-state index in [9.17, 15) is 14.0 Å². The minimum atomic E-state index is -0.368. The molecule has 6 heteroatoms. The fourth-order valence-electron chi connectivity index (χ4n) is 3.13. The first kappa shape index (κ1) is 17.9. The number of carbonyl (C=O) groups excluding carboxylic acids is 2. The summed E-state index contributed by atoms with van der Waals surface area (Å²) in [5.41, 5.74) is 2.81. The molecular formula is C20H22FN3O2. The molecule has 1 aliphatic heterocycles. The predicted octanol–water partition coefficient (Wildman–Crippen LogP) is 2.72. The fraction of sp³-hybridized carbons (Fsp3) is 0.300. The first-order valence-electron chi connectivity index (χ1n) is 8.69. The summed E-state index contributed by atoms with van der Waals surface area (Å²) in [6.45, 7) is 2.19. The number of rotatable bonds is 5. The van der Waals surface area contributed by atoms with Gasteiger partial charge in [0.1, 0.15) is 5.82 Å². The molecule has 2 N–H and O–H groups in total. The van der Waals surface area contributed by atoms with Gasteiger partial charge in [-0.15, -0.1) is 0 Å². The Kier molecular flexibility index (Phi) is 5.51. The van der Waals surface area contributed by atoms with Gasteiger partial charge in [-0.3, -0.25) is 9.59 Å². The van der Waals surface area contributed by atoms with E-state index in [0.717, 1.165) is 18.5 Å². The Bertz CT molecular complexity index is 792. The monoisotopic (exact) mass is 355 g/mol. The Balaban J connectivity index is 1.52. The average molecular weight is 355 g/mol. The molecule has 136 valence electrons. The van der Waals surface area contributed by atoms with Gasteiger partial charge >= 0.3 is 0 Å². The van der Waals surface area contributed by atoms with Crippen molar-refractivity contribution in [3.63, 3.8) is 0 Å². The maximum Gasteiger partial charge on any atom is 0.243 e. The zero-order valence-electron chi connectivity index (χ0n) is 14.7. The summed E-state index contributed by atoms with van der Waals surface area (Å²) < 4.78 is 12.9. The number of anilines is 2. The molecule has 0 fully saturated rings. The van der Waals surface area contributed by atoms with Crippen LogP contribution in [0.2, 0.25) is 0 Å². The minimum Gasteiger partial charge on any atom is -0.359 e. The largest absolute Gasteiger partial charge is 0.359 e. The van der Waals surface area contributed by atoms with E-state index in [1.807, 2.05) is 18.2 Å². The highest BCUT2D eigenvalue weighted by atomic mass is 19.1. The molecule has 0 saturated carbocycles. The van der Waals surface area contributed by atoms with E-state index in [4.69, 9.17) is 0 Å². The van der Waals surface area contributed by atoms with Crippen molar-refractivity contribution >= 4 is 23.2 Å². The smallest absolute Gasteiger partial charge is 0.243 e. The summed E-state index contributed by atoms with van der Waals surface area (Å²) in [4.78, 5) is 26.3. The van der Waals surface area contributed by atoms with Crippen LogP contribution in [0.4, 0.5) is 15.8 Å². The van der Waals surface area contributed by atoms with Gasteiger partial charge in [0.15, 0.2) is 0 Å². The van der Waals surface area contributed by atoms with E-state index in [2.05, 4.69) is 28.5 Å². The maximum absolute atomic E-state index is 12.9. The third kappa shape index (κ3) is 4.39. The number of carbonyl (C=O) groups is 2. The van der Waals surface area contributed by atoms with Crippen LogP contribution >= 0.6 is 0 Å². The summed E-state index contributed by atoms with van der Waals surface area (Å²) >= 11 is 0. The summed E-state index contributed by atoms with van der Waals surface area (Å²) in [5, 5.41) is 5.26. The Morgan fingerprint density at radius 3 is 2.62 bits per heavy atom. The number of hydrogen-bond donors (Lipinski definition) is 2. The molecule has 0 spiro atoms. The van der Waals surface area contributed by atoms with Gasteiger partial charge in [-0.25, -0.2) is 4.39 Å². The molecule has 2 aromatic carbocycles. The van der Waals surface area contributed by atoms with Crippen molar-refractivity contribution < 1.29 is 14.0 Å². The predicted molar refractivity (Wildman–Crippen MR) is 99.6 cm³/mol. The lowest BCUT2D eigenvalue weighted by Gasteiger charge is -2.36. The van der Waals surface area contributed by atoms with Gasteiger partial charge in [0.2, 0.25) is 11.8 Å². The number of hydrogen-bond acceptors (Lipinski definition) is 3. The molecule has 1 heterocycles. The van der Waals surface area contributed by atoms with Crippen LogP contribution in [-0.4, -0.2) is 30.9 Å². The number of benzene rings is 2. The zero-order chi connectivity index (χ0) is 18.5. The first-order chi connectivity index (χ1) is 12.5. The van der Waals surface area contributed by atoms with Crippen molar-refractivity contribution in [1.29, 1.82) is 0 Å². The van der Waals surface area contributed by atoms with Crippen LogP contribution in [0.25, 0.3) is 0 Å². The summed E-state index contributed by atoms with van der Waals surface area (Å²) in [7, 11) is 0. The third-order valence-electron chi connectivity index (χ3n) is 4.55. The van der Waals surface area contributed by atoms with Crippen molar-refractivity contribution in [1.82, 2.24) is 5.32 Å². The molecule has 0 unspecified atom stereocenters. The molecule has 5 nitrogen and oxygen atoms in total. The quantitative estimate of drug-likeness (QED) is 0.867. The number of aryl methyl sites for hydroxylation is 1. The summed E-state index contributed by atoms with van der Waals surface area (Å²) in [5.74, 6) is -0.924. The molecule has 1 atom stereocenters. The second kappa shape index (κ2) is 7.99. The normalized spacial score (nSPS) is 15.9. The van der Waals surface area contributed by atoms with E-state index >= 15 is 0 Å². The number of halogens is 1. The van der Waals surface area contributed by atoms with E-state index in [0.29, 0.717) is 5.69 Å². The summed E-state index contributed by atoms with van der Waals surface area (Å²) in [6.07, 6.45) is 2.00. The van der Waals surface area contributed by atoms with Crippen LogP contribution in [-0.2, 0) is 16.0 Å². The van der Waals surface area contributed by atoms with Crippen molar-refractivity contribution in [3.05, 3.63) is 59.9 Å². The lowest BCUT2D eigenvalue weighted by molar-refractivity contribution is -0.123. The second-order valence-electron chi connectivity index (χ2n) is 6.48. The lowest BCUT2D eigenvalue weighted by Crippen LogP contribution is -2.45. The van der Waals surface area contributed by atoms with Gasteiger partial charge in [-0.1, -0.05) is 18.2 Å². The highest BCUT2D eigenvalue weighted by Crippen LogP contribution is 2.29. The van der Waals surface area contributed by atoms with Crippen molar-refractivity contribution in [2.75, 3.05) is 23.3 Å². The Morgan fingerprint density at radius 2 is 1.85 bits per heavy atom. The molecule has 0 aliphatic carbocycles. The molecular weight excluding hydrogens is 333 g/mol. The molecule has 2 aromatic rings. The van der Waals surface area contributed by atoms with Crippen LogP contribution < -0.4 is 15.5 Å². The number of amides is 2. The molecule has 0 aromatic heterocycles. The van der Waals surface area contributed by atoms with Gasteiger partial charge < -0.3 is 15.5 Å². The topological polar surface area (TPSA) is 61.4 Å².